The summed E-state index contributed by atoms with van der Waals surface area (Å²) in [5.74, 6) is 0.902. The van der Waals surface area contributed by atoms with Gasteiger partial charge in [0.2, 0.25) is 0 Å². The van der Waals surface area contributed by atoms with Gasteiger partial charge < -0.3 is 4.74 Å². The number of fused-ring (bicyclic) bond motifs is 1. The maximum Gasteiger partial charge on any atom is 0.127 e. The van der Waals surface area contributed by atoms with E-state index in [4.69, 9.17) is 4.74 Å². The van der Waals surface area contributed by atoms with Crippen molar-refractivity contribution in [1.82, 2.24) is 10.2 Å². The Balaban J connectivity index is 2.18. The first-order valence-corrected chi connectivity index (χ1v) is 5.76. The summed E-state index contributed by atoms with van der Waals surface area (Å²) < 4.78 is 6.52. The topological polar surface area (TPSA) is 37.9 Å². The Morgan fingerprint density at radius 3 is 3.00 bits per heavy atom. The molecule has 16 heavy (non-hydrogen) atoms. The minimum Gasteiger partial charge on any atom is -0.496 e. The van der Waals surface area contributed by atoms with Crippen LogP contribution in [0.2, 0.25) is 0 Å². The molecule has 0 fully saturated rings. The number of nitrogens with zero attached hydrogens (tertiary/aromatic N) is 1. The van der Waals surface area contributed by atoms with Crippen LogP contribution in [0.5, 0.6) is 5.75 Å². The third-order valence-electron chi connectivity index (χ3n) is 2.50. The summed E-state index contributed by atoms with van der Waals surface area (Å²) in [5, 5.41) is 6.96. The van der Waals surface area contributed by atoms with Gasteiger partial charge in [0.1, 0.15) is 5.75 Å². The number of aromatic amines is 1. The van der Waals surface area contributed by atoms with Crippen molar-refractivity contribution >= 4 is 21.6 Å². The number of nitrogens with one attached hydrogen (secondary N) is 1. The summed E-state index contributed by atoms with van der Waals surface area (Å²) in [6.07, 6.45) is 1.85. The molecule has 80 valence electrons. The van der Waals surface area contributed by atoms with Crippen LogP contribution in [-0.2, 0) is 0 Å². The summed E-state index contributed by atoms with van der Waals surface area (Å²) in [6.45, 7) is 0. The normalized spacial score (nSPS) is 10.8. The van der Waals surface area contributed by atoms with Crippen LogP contribution in [-0.4, -0.2) is 17.3 Å². The van der Waals surface area contributed by atoms with Gasteiger partial charge in [-0.3, -0.25) is 5.10 Å². The number of H-pyrrole nitrogens is 1. The number of hydrogen-bond donors (Lipinski definition) is 1. The zero-order valence-corrected chi connectivity index (χ0v) is 9.54. The zero-order chi connectivity index (χ0) is 11.0. The van der Waals surface area contributed by atoms with Crippen molar-refractivity contribution in [2.24, 2.45) is 0 Å². The molecular weight excluding hydrogens is 220 g/mol. The summed E-state index contributed by atoms with van der Waals surface area (Å²) in [5.41, 5.74) is 2.20. The van der Waals surface area contributed by atoms with E-state index in [1.807, 2.05) is 24.4 Å². The van der Waals surface area contributed by atoms with Gasteiger partial charge in [0.25, 0.3) is 0 Å². The highest BCUT2D eigenvalue weighted by Crippen LogP contribution is 2.37. The SMILES string of the molecule is COc1ccccc1-c1cc2[nH]ncc2s1. The second kappa shape index (κ2) is 3.64. The molecule has 2 heterocycles. The van der Waals surface area contributed by atoms with Gasteiger partial charge in [0, 0.05) is 10.4 Å². The number of methoxy groups -OCH3 is 1. The molecule has 4 heteroatoms. The fraction of sp³-hybridized carbons (Fsp3) is 0.0833. The van der Waals surface area contributed by atoms with Gasteiger partial charge in [-0.2, -0.15) is 5.10 Å². The van der Waals surface area contributed by atoms with E-state index in [0.717, 1.165) is 16.8 Å². The van der Waals surface area contributed by atoms with Crippen molar-refractivity contribution in [2.45, 2.75) is 0 Å². The van der Waals surface area contributed by atoms with E-state index in [1.54, 1.807) is 18.4 Å². The van der Waals surface area contributed by atoms with Crippen molar-refractivity contribution in [3.8, 4) is 16.2 Å². The van der Waals surface area contributed by atoms with Crippen LogP contribution in [0, 0.1) is 0 Å². The monoisotopic (exact) mass is 230 g/mol. The molecule has 3 aromatic rings. The highest BCUT2D eigenvalue weighted by molar-refractivity contribution is 7.22. The number of hydrogen-bond acceptors (Lipinski definition) is 3. The van der Waals surface area contributed by atoms with Gasteiger partial charge in [-0.15, -0.1) is 11.3 Å². The Kier molecular flexibility index (Phi) is 2.15. The molecule has 1 N–H and O–H groups in total. The molecule has 3 rings (SSSR count). The number of ether oxygens (including phenoxy) is 1. The quantitative estimate of drug-likeness (QED) is 0.733. The summed E-state index contributed by atoms with van der Waals surface area (Å²) in [7, 11) is 1.69. The van der Waals surface area contributed by atoms with Crippen LogP contribution in [0.3, 0.4) is 0 Å². The second-order valence-corrected chi connectivity index (χ2v) is 4.54. The van der Waals surface area contributed by atoms with Gasteiger partial charge in [0.05, 0.1) is 23.5 Å². The maximum absolute atomic E-state index is 5.35. The number of para-hydroxylation sites is 1. The minimum absolute atomic E-state index is 0.902. The Morgan fingerprint density at radius 1 is 1.31 bits per heavy atom. The van der Waals surface area contributed by atoms with E-state index < -0.39 is 0 Å². The van der Waals surface area contributed by atoms with Gasteiger partial charge in [0.15, 0.2) is 0 Å². The molecule has 2 aromatic heterocycles. The van der Waals surface area contributed by atoms with Crippen LogP contribution in [0.25, 0.3) is 20.7 Å². The zero-order valence-electron chi connectivity index (χ0n) is 8.73. The molecule has 0 amide bonds. The minimum atomic E-state index is 0.902. The number of aromatic nitrogens is 2. The Bertz CT molecular complexity index is 598. The molecule has 0 radical (unpaired) electrons. The molecule has 0 bridgehead atoms. The van der Waals surface area contributed by atoms with Crippen LogP contribution < -0.4 is 4.74 Å². The molecule has 0 unspecified atom stereocenters. The van der Waals surface area contributed by atoms with E-state index >= 15 is 0 Å². The highest BCUT2D eigenvalue weighted by atomic mass is 32.1. The second-order valence-electron chi connectivity index (χ2n) is 3.46. The molecule has 3 nitrogen and oxygen atoms in total. The van der Waals surface area contributed by atoms with Crippen LogP contribution in [0.1, 0.15) is 0 Å². The number of benzene rings is 1. The highest BCUT2D eigenvalue weighted by Gasteiger charge is 2.09. The van der Waals surface area contributed by atoms with Crippen LogP contribution in [0.4, 0.5) is 0 Å². The van der Waals surface area contributed by atoms with E-state index in [0.29, 0.717) is 0 Å². The van der Waals surface area contributed by atoms with Gasteiger partial charge >= 0.3 is 0 Å². The van der Waals surface area contributed by atoms with Gasteiger partial charge in [-0.05, 0) is 18.2 Å². The Hall–Kier alpha value is -1.81. The fourth-order valence-corrected chi connectivity index (χ4v) is 2.74. The van der Waals surface area contributed by atoms with Crippen LogP contribution in [0.15, 0.2) is 36.5 Å². The lowest BCUT2D eigenvalue weighted by Gasteiger charge is -2.05. The lowest BCUT2D eigenvalue weighted by atomic mass is 10.1. The van der Waals surface area contributed by atoms with E-state index in [1.165, 1.54) is 9.58 Å². The van der Waals surface area contributed by atoms with Crippen molar-refractivity contribution in [1.29, 1.82) is 0 Å². The molecule has 0 aliphatic rings. The first-order valence-electron chi connectivity index (χ1n) is 4.95. The van der Waals surface area contributed by atoms with E-state index in [2.05, 4.69) is 22.3 Å². The number of rotatable bonds is 2. The Labute approximate surface area is 96.7 Å². The average molecular weight is 230 g/mol. The molecule has 0 aliphatic heterocycles. The van der Waals surface area contributed by atoms with Crippen LogP contribution >= 0.6 is 11.3 Å². The average Bonchev–Trinajstić information content (AvgIpc) is 2.89. The van der Waals surface area contributed by atoms with Crippen molar-refractivity contribution in [2.75, 3.05) is 7.11 Å². The lowest BCUT2D eigenvalue weighted by Crippen LogP contribution is -1.84. The lowest BCUT2D eigenvalue weighted by molar-refractivity contribution is 0.416. The smallest absolute Gasteiger partial charge is 0.127 e. The van der Waals surface area contributed by atoms with E-state index in [9.17, 15) is 0 Å². The molecule has 0 saturated carbocycles. The Morgan fingerprint density at radius 2 is 2.19 bits per heavy atom. The summed E-state index contributed by atoms with van der Waals surface area (Å²) >= 11 is 1.71. The third-order valence-corrected chi connectivity index (χ3v) is 3.60. The molecule has 1 aromatic carbocycles. The van der Waals surface area contributed by atoms with Gasteiger partial charge in [-0.25, -0.2) is 0 Å². The van der Waals surface area contributed by atoms with Gasteiger partial charge in [-0.1, -0.05) is 12.1 Å². The predicted octanol–water partition coefficient (Wildman–Crippen LogP) is 3.30. The van der Waals surface area contributed by atoms with E-state index in [-0.39, 0.29) is 0 Å². The molecule has 0 spiro atoms. The summed E-state index contributed by atoms with van der Waals surface area (Å²) in [6, 6.07) is 10.1. The molecule has 0 atom stereocenters. The molecular formula is C12H10N2OS. The fourth-order valence-electron chi connectivity index (χ4n) is 1.73. The third kappa shape index (κ3) is 1.39. The largest absolute Gasteiger partial charge is 0.496 e. The first kappa shape index (κ1) is 9.42. The standard InChI is InChI=1S/C12H10N2OS/c1-15-10-5-3-2-4-8(10)11-6-9-12(16-11)7-13-14-9/h2-7H,1H3,(H,13,14). The van der Waals surface area contributed by atoms with Crippen molar-refractivity contribution in [3.63, 3.8) is 0 Å². The molecule has 0 saturated heterocycles. The molecule has 0 aliphatic carbocycles. The van der Waals surface area contributed by atoms with Crippen molar-refractivity contribution < 1.29 is 4.74 Å². The van der Waals surface area contributed by atoms with Crippen molar-refractivity contribution in [3.05, 3.63) is 36.5 Å². The first-order chi connectivity index (χ1) is 7.88. The number of thiophene rings is 1. The summed E-state index contributed by atoms with van der Waals surface area (Å²) in [4.78, 5) is 1.20. The predicted molar refractivity (Wildman–Crippen MR) is 66.0 cm³/mol. The maximum atomic E-state index is 5.35.